The Bertz CT molecular complexity index is 898. The molecule has 126 valence electrons. The van der Waals surface area contributed by atoms with E-state index in [-0.39, 0.29) is 5.56 Å². The molecule has 0 fully saturated rings. The quantitative estimate of drug-likeness (QED) is 0.718. The molecule has 3 aromatic rings. The zero-order chi connectivity index (χ0) is 17.1. The summed E-state index contributed by atoms with van der Waals surface area (Å²) in [4.78, 5) is 21.4. The number of halogens is 1. The lowest BCUT2D eigenvalue weighted by atomic mass is 10.1. The van der Waals surface area contributed by atoms with Crippen LogP contribution in [0.1, 0.15) is 36.6 Å². The van der Waals surface area contributed by atoms with Gasteiger partial charge in [0.05, 0.1) is 5.69 Å². The van der Waals surface area contributed by atoms with E-state index in [0.29, 0.717) is 23.3 Å². The van der Waals surface area contributed by atoms with Crippen LogP contribution in [0.5, 0.6) is 0 Å². The molecule has 2 N–H and O–H groups in total. The fourth-order valence-corrected chi connectivity index (χ4v) is 2.69. The fraction of sp³-hybridized carbons (Fsp3) is 0.353. The molecule has 1 aromatic carbocycles. The van der Waals surface area contributed by atoms with Crippen molar-refractivity contribution < 1.29 is 0 Å². The number of nitrogens with zero attached hydrogens (tertiary/aromatic N) is 3. The number of hydrogen-bond acceptors (Lipinski definition) is 4. The van der Waals surface area contributed by atoms with Crippen LogP contribution in [0.2, 0.25) is 5.02 Å². The molecule has 0 amide bonds. The van der Waals surface area contributed by atoms with Crippen molar-refractivity contribution in [3.63, 3.8) is 0 Å². The van der Waals surface area contributed by atoms with Crippen LogP contribution in [0.3, 0.4) is 0 Å². The van der Waals surface area contributed by atoms with Gasteiger partial charge in [0.15, 0.2) is 0 Å². The third-order valence-corrected chi connectivity index (χ3v) is 4.20. The van der Waals surface area contributed by atoms with E-state index in [9.17, 15) is 4.79 Å². The largest absolute Gasteiger partial charge is 0.351 e. The number of anilines is 1. The zero-order valence-corrected chi connectivity index (χ0v) is 14.5. The SMILES string of the molecule is CCCCc1c(C)nc2nc(NCc3ccc(Cl)cc3)[nH]n2c1=O. The second-order valence-electron chi connectivity index (χ2n) is 5.77. The summed E-state index contributed by atoms with van der Waals surface area (Å²) in [6, 6.07) is 7.56. The standard InChI is InChI=1S/C17H20ClN5O/c1-3-4-5-14-11(2)20-17-21-16(22-23(17)15(14)24)19-10-12-6-8-13(18)9-7-12/h6-9H,3-5,10H2,1-2H3,(H2,19,20,21,22). The van der Waals surface area contributed by atoms with Gasteiger partial charge in [-0.1, -0.05) is 37.1 Å². The Morgan fingerprint density at radius 3 is 2.71 bits per heavy atom. The summed E-state index contributed by atoms with van der Waals surface area (Å²) in [7, 11) is 0. The van der Waals surface area contributed by atoms with Crippen molar-refractivity contribution in [3.05, 3.63) is 56.5 Å². The normalized spacial score (nSPS) is 11.1. The molecule has 0 atom stereocenters. The maximum atomic E-state index is 12.6. The fourth-order valence-electron chi connectivity index (χ4n) is 2.56. The average Bonchev–Trinajstić information content (AvgIpc) is 2.97. The highest BCUT2D eigenvalue weighted by Crippen LogP contribution is 2.12. The van der Waals surface area contributed by atoms with Gasteiger partial charge in [0, 0.05) is 17.1 Å². The number of aryl methyl sites for hydroxylation is 1. The molecule has 2 heterocycles. The van der Waals surface area contributed by atoms with Gasteiger partial charge in [-0.2, -0.15) is 9.50 Å². The second-order valence-corrected chi connectivity index (χ2v) is 6.21. The van der Waals surface area contributed by atoms with E-state index in [0.717, 1.165) is 36.1 Å². The molecule has 7 heteroatoms. The molecule has 0 aliphatic rings. The van der Waals surface area contributed by atoms with E-state index in [2.05, 4.69) is 27.3 Å². The van der Waals surface area contributed by atoms with Crippen molar-refractivity contribution in [1.82, 2.24) is 19.6 Å². The van der Waals surface area contributed by atoms with Crippen LogP contribution >= 0.6 is 11.6 Å². The van der Waals surface area contributed by atoms with Gasteiger partial charge in [-0.25, -0.2) is 4.98 Å². The molecule has 6 nitrogen and oxygen atoms in total. The summed E-state index contributed by atoms with van der Waals surface area (Å²) in [5.74, 6) is 0.901. The van der Waals surface area contributed by atoms with Crippen LogP contribution in [0.25, 0.3) is 5.78 Å². The predicted octanol–water partition coefficient (Wildman–Crippen LogP) is 3.33. The second kappa shape index (κ2) is 7.05. The van der Waals surface area contributed by atoms with Gasteiger partial charge in [-0.3, -0.25) is 9.89 Å². The lowest BCUT2D eigenvalue weighted by Gasteiger charge is -2.03. The van der Waals surface area contributed by atoms with Crippen molar-refractivity contribution in [2.24, 2.45) is 0 Å². The molecule has 3 rings (SSSR count). The Morgan fingerprint density at radius 2 is 2.00 bits per heavy atom. The maximum Gasteiger partial charge on any atom is 0.277 e. The molecule has 0 saturated carbocycles. The predicted molar refractivity (Wildman–Crippen MR) is 95.7 cm³/mol. The third-order valence-electron chi connectivity index (χ3n) is 3.95. The first-order chi connectivity index (χ1) is 11.6. The highest BCUT2D eigenvalue weighted by atomic mass is 35.5. The monoisotopic (exact) mass is 345 g/mol. The third kappa shape index (κ3) is 3.43. The number of aromatic nitrogens is 4. The van der Waals surface area contributed by atoms with E-state index in [1.165, 1.54) is 4.52 Å². The zero-order valence-electron chi connectivity index (χ0n) is 13.8. The summed E-state index contributed by atoms with van der Waals surface area (Å²) < 4.78 is 1.40. The van der Waals surface area contributed by atoms with Crippen molar-refractivity contribution >= 4 is 23.3 Å². The molecule has 0 radical (unpaired) electrons. The Labute approximate surface area is 144 Å². The van der Waals surface area contributed by atoms with E-state index in [4.69, 9.17) is 11.6 Å². The molecule has 2 aromatic heterocycles. The van der Waals surface area contributed by atoms with Gasteiger partial charge < -0.3 is 5.32 Å². The van der Waals surface area contributed by atoms with E-state index in [1.54, 1.807) is 0 Å². The minimum Gasteiger partial charge on any atom is -0.351 e. The summed E-state index contributed by atoms with van der Waals surface area (Å²) >= 11 is 5.88. The molecule has 0 spiro atoms. The van der Waals surface area contributed by atoms with Gasteiger partial charge >= 0.3 is 0 Å². The van der Waals surface area contributed by atoms with Crippen molar-refractivity contribution in [2.45, 2.75) is 39.7 Å². The Kier molecular flexibility index (Phi) is 4.85. The van der Waals surface area contributed by atoms with Gasteiger partial charge in [-0.05, 0) is 37.5 Å². The molecule has 0 bridgehead atoms. The molecule has 0 aliphatic carbocycles. The van der Waals surface area contributed by atoms with Crippen molar-refractivity contribution in [1.29, 1.82) is 0 Å². The number of rotatable bonds is 6. The van der Waals surface area contributed by atoms with Crippen LogP contribution in [0, 0.1) is 6.92 Å². The number of unbranched alkanes of at least 4 members (excludes halogenated alkanes) is 1. The molecular weight excluding hydrogens is 326 g/mol. The Hall–Kier alpha value is -2.34. The highest BCUT2D eigenvalue weighted by molar-refractivity contribution is 6.30. The van der Waals surface area contributed by atoms with Crippen LogP contribution < -0.4 is 10.9 Å². The molecule has 0 aliphatic heterocycles. The lowest BCUT2D eigenvalue weighted by Crippen LogP contribution is -2.22. The first kappa shape index (κ1) is 16.5. The highest BCUT2D eigenvalue weighted by Gasteiger charge is 2.12. The van der Waals surface area contributed by atoms with Crippen LogP contribution in [0.15, 0.2) is 29.1 Å². The van der Waals surface area contributed by atoms with E-state index >= 15 is 0 Å². The van der Waals surface area contributed by atoms with Crippen molar-refractivity contribution in [2.75, 3.05) is 5.32 Å². The van der Waals surface area contributed by atoms with Gasteiger partial charge in [0.2, 0.25) is 5.95 Å². The van der Waals surface area contributed by atoms with Crippen LogP contribution in [-0.2, 0) is 13.0 Å². The van der Waals surface area contributed by atoms with Crippen LogP contribution in [0.4, 0.5) is 5.95 Å². The summed E-state index contributed by atoms with van der Waals surface area (Å²) in [5.41, 5.74) is 2.50. The smallest absolute Gasteiger partial charge is 0.277 e. The number of aromatic amines is 1. The molecular formula is C17H20ClN5O. The molecule has 24 heavy (non-hydrogen) atoms. The number of benzene rings is 1. The van der Waals surface area contributed by atoms with Crippen molar-refractivity contribution in [3.8, 4) is 0 Å². The van der Waals surface area contributed by atoms with Gasteiger partial charge in [0.25, 0.3) is 11.3 Å². The Morgan fingerprint density at radius 1 is 1.25 bits per heavy atom. The number of nitrogens with one attached hydrogen (secondary N) is 2. The van der Waals surface area contributed by atoms with E-state index < -0.39 is 0 Å². The maximum absolute atomic E-state index is 12.6. The number of fused-ring (bicyclic) bond motifs is 1. The minimum atomic E-state index is -0.0713. The Balaban J connectivity index is 1.84. The summed E-state index contributed by atoms with van der Waals surface area (Å²) in [6.07, 6.45) is 2.75. The van der Waals surface area contributed by atoms with Gasteiger partial charge in [0.1, 0.15) is 0 Å². The van der Waals surface area contributed by atoms with Gasteiger partial charge in [-0.15, -0.1) is 0 Å². The minimum absolute atomic E-state index is 0.0713. The number of hydrogen-bond donors (Lipinski definition) is 2. The summed E-state index contributed by atoms with van der Waals surface area (Å²) in [5, 5.41) is 6.85. The topological polar surface area (TPSA) is 75.1 Å². The summed E-state index contributed by atoms with van der Waals surface area (Å²) in [6.45, 7) is 4.54. The number of H-pyrrole nitrogens is 1. The first-order valence-corrected chi connectivity index (χ1v) is 8.43. The molecule has 0 unspecified atom stereocenters. The van der Waals surface area contributed by atoms with E-state index in [1.807, 2.05) is 31.2 Å². The first-order valence-electron chi connectivity index (χ1n) is 8.05. The lowest BCUT2D eigenvalue weighted by molar-refractivity contribution is 0.759. The van der Waals surface area contributed by atoms with Crippen LogP contribution in [-0.4, -0.2) is 19.6 Å². The molecule has 0 saturated heterocycles. The average molecular weight is 346 g/mol.